The molecule has 0 aromatic carbocycles. The van der Waals surface area contributed by atoms with Crippen LogP contribution < -0.4 is 0 Å². The lowest BCUT2D eigenvalue weighted by atomic mass is 9.89. The molecular formula is C16H20N4O4. The molecule has 4 heterocycles. The Morgan fingerprint density at radius 2 is 2.04 bits per heavy atom. The third kappa shape index (κ3) is 2.41. The number of hydrogen-bond donors (Lipinski definition) is 0. The van der Waals surface area contributed by atoms with Gasteiger partial charge in [0.25, 0.3) is 5.91 Å². The maximum absolute atomic E-state index is 13.1. The lowest BCUT2D eigenvalue weighted by Gasteiger charge is -2.39. The summed E-state index contributed by atoms with van der Waals surface area (Å²) in [4.78, 5) is 19.3. The van der Waals surface area contributed by atoms with Gasteiger partial charge >= 0.3 is 0 Å². The van der Waals surface area contributed by atoms with Crippen molar-refractivity contribution in [1.82, 2.24) is 20.2 Å². The average Bonchev–Trinajstić information content (AvgIpc) is 3.26. The predicted octanol–water partition coefficient (Wildman–Crippen LogP) is 1.77. The number of hydrogen-bond acceptors (Lipinski definition) is 7. The van der Waals surface area contributed by atoms with Crippen molar-refractivity contribution in [2.24, 2.45) is 0 Å². The maximum Gasteiger partial charge on any atom is 0.259 e. The molecule has 24 heavy (non-hydrogen) atoms. The molecule has 0 aliphatic carbocycles. The molecule has 0 spiro atoms. The molecule has 0 radical (unpaired) electrons. The highest BCUT2D eigenvalue weighted by atomic mass is 16.5. The summed E-state index contributed by atoms with van der Waals surface area (Å²) in [5.41, 5.74) is 1.16. The van der Waals surface area contributed by atoms with Gasteiger partial charge in [0.15, 0.2) is 5.82 Å². The van der Waals surface area contributed by atoms with Gasteiger partial charge in [-0.05, 0) is 33.6 Å². The quantitative estimate of drug-likeness (QED) is 0.827. The van der Waals surface area contributed by atoms with E-state index in [1.54, 1.807) is 20.8 Å². The average molecular weight is 332 g/mol. The maximum atomic E-state index is 13.1. The normalized spacial score (nSPS) is 26.6. The number of aryl methyl sites for hydroxylation is 3. The molecule has 4 rings (SSSR count). The standard InChI is InChI=1S/C16H20N4O4/c1-8-14(9(2)23-18-8)16(21)20-7-11(15-17-10(3)19-24-15)6-13-12(20)4-5-22-13/h11-13H,4-7H2,1-3H3/t11-,12+,13+/m1/s1. The number of nitrogens with zero attached hydrogens (tertiary/aromatic N) is 4. The number of fused-ring (bicyclic) bond motifs is 1. The minimum absolute atomic E-state index is 0.000351. The third-order valence-electron chi connectivity index (χ3n) is 4.91. The Morgan fingerprint density at radius 1 is 1.21 bits per heavy atom. The predicted molar refractivity (Wildman–Crippen MR) is 81.6 cm³/mol. The Labute approximate surface area is 139 Å². The van der Waals surface area contributed by atoms with Gasteiger partial charge in [0.1, 0.15) is 11.3 Å². The molecule has 0 N–H and O–H groups in total. The van der Waals surface area contributed by atoms with Crippen LogP contribution in [0.3, 0.4) is 0 Å². The summed E-state index contributed by atoms with van der Waals surface area (Å²) < 4.78 is 16.3. The van der Waals surface area contributed by atoms with E-state index in [-0.39, 0.29) is 24.0 Å². The Kier molecular flexibility index (Phi) is 3.64. The van der Waals surface area contributed by atoms with Gasteiger partial charge in [0.05, 0.1) is 23.8 Å². The summed E-state index contributed by atoms with van der Waals surface area (Å²) >= 11 is 0. The van der Waals surface area contributed by atoms with E-state index in [0.717, 1.165) is 12.8 Å². The zero-order valence-electron chi connectivity index (χ0n) is 14.0. The van der Waals surface area contributed by atoms with Gasteiger partial charge in [0.2, 0.25) is 5.89 Å². The van der Waals surface area contributed by atoms with Crippen LogP contribution in [0, 0.1) is 20.8 Å². The third-order valence-corrected chi connectivity index (χ3v) is 4.91. The number of likely N-dealkylation sites (tertiary alicyclic amines) is 1. The van der Waals surface area contributed by atoms with Crippen molar-refractivity contribution in [3.63, 3.8) is 0 Å². The summed E-state index contributed by atoms with van der Waals surface area (Å²) in [7, 11) is 0. The van der Waals surface area contributed by atoms with Crippen LogP contribution in [0.4, 0.5) is 0 Å². The summed E-state index contributed by atoms with van der Waals surface area (Å²) in [6, 6.07) is 0.0754. The highest BCUT2D eigenvalue weighted by Gasteiger charge is 2.45. The Bertz CT molecular complexity index is 748. The Hall–Kier alpha value is -2.22. The highest BCUT2D eigenvalue weighted by molar-refractivity contribution is 5.96. The van der Waals surface area contributed by atoms with E-state index in [1.165, 1.54) is 0 Å². The summed E-state index contributed by atoms with van der Waals surface area (Å²) in [6.07, 6.45) is 1.63. The molecule has 2 aromatic heterocycles. The van der Waals surface area contributed by atoms with E-state index < -0.39 is 0 Å². The van der Waals surface area contributed by atoms with E-state index in [2.05, 4.69) is 15.3 Å². The van der Waals surface area contributed by atoms with Gasteiger partial charge in [-0.3, -0.25) is 4.79 Å². The van der Waals surface area contributed by atoms with Crippen molar-refractivity contribution in [2.45, 2.75) is 51.7 Å². The van der Waals surface area contributed by atoms with Crippen molar-refractivity contribution in [3.05, 3.63) is 28.7 Å². The van der Waals surface area contributed by atoms with Crippen molar-refractivity contribution in [2.75, 3.05) is 13.2 Å². The van der Waals surface area contributed by atoms with Crippen molar-refractivity contribution in [1.29, 1.82) is 0 Å². The topological polar surface area (TPSA) is 94.5 Å². The van der Waals surface area contributed by atoms with Crippen LogP contribution in [-0.2, 0) is 4.74 Å². The molecule has 2 saturated heterocycles. The molecule has 0 bridgehead atoms. The van der Waals surface area contributed by atoms with Gasteiger partial charge in [-0.15, -0.1) is 0 Å². The molecule has 0 unspecified atom stereocenters. The molecule has 3 atom stereocenters. The molecule has 2 fully saturated rings. The zero-order chi connectivity index (χ0) is 16.8. The largest absolute Gasteiger partial charge is 0.376 e. The number of rotatable bonds is 2. The number of carbonyl (C=O) groups excluding carboxylic acids is 1. The van der Waals surface area contributed by atoms with E-state index in [0.29, 0.717) is 41.9 Å². The van der Waals surface area contributed by atoms with E-state index >= 15 is 0 Å². The number of ether oxygens (including phenoxy) is 1. The first-order valence-corrected chi connectivity index (χ1v) is 8.20. The minimum Gasteiger partial charge on any atom is -0.376 e. The van der Waals surface area contributed by atoms with Crippen LogP contribution in [0.1, 0.15) is 52.3 Å². The molecule has 2 aliphatic rings. The van der Waals surface area contributed by atoms with E-state index in [9.17, 15) is 4.79 Å². The Morgan fingerprint density at radius 3 is 2.71 bits per heavy atom. The second-order valence-corrected chi connectivity index (χ2v) is 6.53. The molecule has 8 nitrogen and oxygen atoms in total. The molecule has 0 saturated carbocycles. The SMILES string of the molecule is Cc1noc([C@@H]2C[C@@H]3OCC[C@@H]3N(C(=O)c3c(C)noc3C)C2)n1. The van der Waals surface area contributed by atoms with Crippen LogP contribution in [0.5, 0.6) is 0 Å². The lowest BCUT2D eigenvalue weighted by Crippen LogP contribution is -2.51. The number of aromatic nitrogens is 3. The zero-order valence-corrected chi connectivity index (χ0v) is 14.0. The number of piperidine rings is 1. The smallest absolute Gasteiger partial charge is 0.259 e. The first-order valence-electron chi connectivity index (χ1n) is 8.20. The fourth-order valence-corrected chi connectivity index (χ4v) is 3.77. The Balaban J connectivity index is 1.66. The number of carbonyl (C=O) groups is 1. The van der Waals surface area contributed by atoms with Crippen molar-refractivity contribution >= 4 is 5.91 Å². The van der Waals surface area contributed by atoms with Crippen molar-refractivity contribution < 1.29 is 18.6 Å². The fraction of sp³-hybridized carbons (Fsp3) is 0.625. The summed E-state index contributed by atoms with van der Waals surface area (Å²) in [5, 5.41) is 7.77. The van der Waals surface area contributed by atoms with E-state index in [4.69, 9.17) is 13.8 Å². The molecular weight excluding hydrogens is 312 g/mol. The van der Waals surface area contributed by atoms with Crippen LogP contribution >= 0.6 is 0 Å². The van der Waals surface area contributed by atoms with Crippen LogP contribution in [0.2, 0.25) is 0 Å². The first-order chi connectivity index (χ1) is 11.5. The van der Waals surface area contributed by atoms with Gasteiger partial charge in [0, 0.05) is 13.2 Å². The second kappa shape index (κ2) is 5.70. The van der Waals surface area contributed by atoms with Gasteiger partial charge < -0.3 is 18.7 Å². The molecule has 8 heteroatoms. The molecule has 1 amide bonds. The van der Waals surface area contributed by atoms with Crippen LogP contribution in [0.15, 0.2) is 9.05 Å². The monoisotopic (exact) mass is 332 g/mol. The summed E-state index contributed by atoms with van der Waals surface area (Å²) in [5.74, 6) is 1.63. The van der Waals surface area contributed by atoms with E-state index in [1.807, 2.05) is 4.90 Å². The van der Waals surface area contributed by atoms with Crippen LogP contribution in [0.25, 0.3) is 0 Å². The van der Waals surface area contributed by atoms with Gasteiger partial charge in [-0.2, -0.15) is 4.98 Å². The fourth-order valence-electron chi connectivity index (χ4n) is 3.77. The number of amides is 1. The molecule has 2 aromatic rings. The molecule has 128 valence electrons. The molecule has 2 aliphatic heterocycles. The van der Waals surface area contributed by atoms with Gasteiger partial charge in [-0.25, -0.2) is 0 Å². The van der Waals surface area contributed by atoms with Crippen LogP contribution in [-0.4, -0.2) is 51.4 Å². The minimum atomic E-state index is -0.0623. The lowest BCUT2D eigenvalue weighted by molar-refractivity contribution is 0.0123. The highest BCUT2D eigenvalue weighted by Crippen LogP contribution is 2.36. The first kappa shape index (κ1) is 15.3. The van der Waals surface area contributed by atoms with Crippen molar-refractivity contribution in [3.8, 4) is 0 Å². The van der Waals surface area contributed by atoms with Gasteiger partial charge in [-0.1, -0.05) is 10.3 Å². The summed E-state index contributed by atoms with van der Waals surface area (Å²) in [6.45, 7) is 6.54. The second-order valence-electron chi connectivity index (χ2n) is 6.53.